The number of aromatic nitrogens is 1. The minimum Gasteiger partial charge on any atom is -0.355 e. The first-order valence-corrected chi connectivity index (χ1v) is 9.83. The minimum atomic E-state index is -0.784. The Kier molecular flexibility index (Phi) is 4.93. The second-order valence-corrected chi connectivity index (χ2v) is 8.21. The van der Waals surface area contributed by atoms with E-state index in [1.165, 1.54) is 23.5 Å². The van der Waals surface area contributed by atoms with Crippen molar-refractivity contribution >= 4 is 33.2 Å². The van der Waals surface area contributed by atoms with E-state index in [2.05, 4.69) is 10.3 Å². The Hall–Kier alpha value is -2.67. The molecule has 4 rings (SSSR count). The molecule has 4 nitrogen and oxygen atoms in total. The molecule has 1 amide bonds. The van der Waals surface area contributed by atoms with Crippen LogP contribution in [0, 0.1) is 24.5 Å². The number of rotatable bonds is 5. The lowest BCUT2D eigenvalue weighted by molar-refractivity contribution is -0.127. The number of Topliss-reactive ketones (excluding diaryl/α,β-unsaturated/α-hetero) is 1. The zero-order valence-electron chi connectivity index (χ0n) is 15.2. The summed E-state index contributed by atoms with van der Waals surface area (Å²) in [5.74, 6) is -3.35. The summed E-state index contributed by atoms with van der Waals surface area (Å²) in [7, 11) is 0. The highest BCUT2D eigenvalue weighted by molar-refractivity contribution is 7.18. The number of hydrogen-bond acceptors (Lipinski definition) is 4. The van der Waals surface area contributed by atoms with Crippen LogP contribution in [0.3, 0.4) is 0 Å². The van der Waals surface area contributed by atoms with Gasteiger partial charge in [0.05, 0.1) is 22.6 Å². The number of aryl methyl sites for hydroxylation is 1. The van der Waals surface area contributed by atoms with Crippen molar-refractivity contribution in [1.29, 1.82) is 0 Å². The molecule has 0 radical (unpaired) electrons. The standard InChI is InChI=1S/C21H18F2N2O2S/c1-11-6-15(22)20(16(23)7-11)14-10-24-21(27)13(14)8-12(26)9-19-25-17-4-2-3-5-18(17)28-19/h2-7,13-14H,8-10H2,1H3,(H,24,27)/t13-,14+/m0/s1. The maximum atomic E-state index is 14.4. The molecule has 0 aliphatic carbocycles. The van der Waals surface area contributed by atoms with Gasteiger partial charge in [0.25, 0.3) is 0 Å². The molecular formula is C21H18F2N2O2S. The maximum Gasteiger partial charge on any atom is 0.224 e. The van der Waals surface area contributed by atoms with E-state index < -0.39 is 23.5 Å². The van der Waals surface area contributed by atoms with Crippen LogP contribution in [0.4, 0.5) is 8.78 Å². The van der Waals surface area contributed by atoms with Crippen LogP contribution in [0.15, 0.2) is 36.4 Å². The topological polar surface area (TPSA) is 59.1 Å². The first-order chi connectivity index (χ1) is 13.4. The molecule has 0 bridgehead atoms. The van der Waals surface area contributed by atoms with Gasteiger partial charge in [-0.3, -0.25) is 9.59 Å². The lowest BCUT2D eigenvalue weighted by atomic mass is 9.84. The number of carbonyl (C=O) groups excluding carboxylic acids is 2. The van der Waals surface area contributed by atoms with E-state index in [9.17, 15) is 18.4 Å². The fourth-order valence-corrected chi connectivity index (χ4v) is 4.75. The highest BCUT2D eigenvalue weighted by Gasteiger charge is 2.39. The molecule has 3 aromatic rings. The first-order valence-electron chi connectivity index (χ1n) is 9.02. The van der Waals surface area contributed by atoms with Crippen molar-refractivity contribution < 1.29 is 18.4 Å². The van der Waals surface area contributed by atoms with Gasteiger partial charge in [-0.05, 0) is 36.8 Å². The number of halogens is 2. The smallest absolute Gasteiger partial charge is 0.224 e. The number of fused-ring (bicyclic) bond motifs is 1. The highest BCUT2D eigenvalue weighted by Crippen LogP contribution is 2.35. The Labute approximate surface area is 164 Å². The number of nitrogens with zero attached hydrogens (tertiary/aromatic N) is 1. The zero-order valence-corrected chi connectivity index (χ0v) is 16.0. The lowest BCUT2D eigenvalue weighted by Gasteiger charge is -2.18. The van der Waals surface area contributed by atoms with Crippen LogP contribution < -0.4 is 5.32 Å². The average Bonchev–Trinajstić information content (AvgIpc) is 3.18. The third kappa shape index (κ3) is 3.54. The number of carbonyl (C=O) groups is 2. The van der Waals surface area contributed by atoms with Crippen molar-refractivity contribution in [3.8, 4) is 0 Å². The van der Waals surface area contributed by atoms with Crippen molar-refractivity contribution in [3.05, 3.63) is 64.2 Å². The number of thiazole rings is 1. The van der Waals surface area contributed by atoms with E-state index in [4.69, 9.17) is 0 Å². The normalized spacial score (nSPS) is 19.2. The molecule has 144 valence electrons. The van der Waals surface area contributed by atoms with E-state index in [0.29, 0.717) is 10.6 Å². The molecule has 2 aromatic carbocycles. The van der Waals surface area contributed by atoms with Gasteiger partial charge in [0.2, 0.25) is 5.91 Å². The summed E-state index contributed by atoms with van der Waals surface area (Å²) in [6.45, 7) is 1.72. The van der Waals surface area contributed by atoms with E-state index in [1.807, 2.05) is 24.3 Å². The lowest BCUT2D eigenvalue weighted by Crippen LogP contribution is -2.23. The molecule has 1 N–H and O–H groups in total. The number of ketones is 1. The van der Waals surface area contributed by atoms with Gasteiger partial charge in [-0.2, -0.15) is 0 Å². The summed E-state index contributed by atoms with van der Waals surface area (Å²) in [5, 5.41) is 3.32. The summed E-state index contributed by atoms with van der Waals surface area (Å²) in [4.78, 5) is 29.3. The molecule has 1 aliphatic rings. The number of hydrogen-bond donors (Lipinski definition) is 1. The molecule has 2 atom stereocenters. The summed E-state index contributed by atoms with van der Waals surface area (Å²) < 4.78 is 29.8. The van der Waals surface area contributed by atoms with Crippen LogP contribution in [-0.4, -0.2) is 23.2 Å². The molecule has 0 unspecified atom stereocenters. The largest absolute Gasteiger partial charge is 0.355 e. The molecular weight excluding hydrogens is 382 g/mol. The SMILES string of the molecule is Cc1cc(F)c([C@@H]2CNC(=O)[C@H]2CC(=O)Cc2nc3ccccc3s2)c(F)c1. The summed E-state index contributed by atoms with van der Waals surface area (Å²) in [6.07, 6.45) is 0.0356. The molecule has 2 heterocycles. The fourth-order valence-electron chi connectivity index (χ4n) is 3.75. The van der Waals surface area contributed by atoms with Crippen LogP contribution >= 0.6 is 11.3 Å². The van der Waals surface area contributed by atoms with Gasteiger partial charge < -0.3 is 5.32 Å². The van der Waals surface area contributed by atoms with E-state index in [1.54, 1.807) is 6.92 Å². The maximum absolute atomic E-state index is 14.4. The van der Waals surface area contributed by atoms with Crippen molar-refractivity contribution in [1.82, 2.24) is 10.3 Å². The van der Waals surface area contributed by atoms with Crippen LogP contribution in [0.25, 0.3) is 10.2 Å². The third-order valence-corrected chi connectivity index (χ3v) is 6.08. The fraction of sp³-hybridized carbons (Fsp3) is 0.286. The summed E-state index contributed by atoms with van der Waals surface area (Å²) in [5.41, 5.74) is 1.18. The number of para-hydroxylation sites is 1. The van der Waals surface area contributed by atoms with Gasteiger partial charge in [0.15, 0.2) is 0 Å². The Morgan fingerprint density at radius 2 is 1.96 bits per heavy atom. The van der Waals surface area contributed by atoms with Crippen molar-refractivity contribution in [2.24, 2.45) is 5.92 Å². The quantitative estimate of drug-likeness (QED) is 0.706. The Morgan fingerprint density at radius 1 is 1.25 bits per heavy atom. The molecule has 28 heavy (non-hydrogen) atoms. The van der Waals surface area contributed by atoms with E-state index in [0.717, 1.165) is 10.2 Å². The Balaban J connectivity index is 1.53. The highest BCUT2D eigenvalue weighted by atomic mass is 32.1. The van der Waals surface area contributed by atoms with Gasteiger partial charge in [0, 0.05) is 24.4 Å². The predicted octanol–water partition coefficient (Wildman–Crippen LogP) is 3.91. The zero-order chi connectivity index (χ0) is 19.8. The van der Waals surface area contributed by atoms with E-state index >= 15 is 0 Å². The molecule has 0 spiro atoms. The molecule has 1 aromatic heterocycles. The van der Waals surface area contributed by atoms with Gasteiger partial charge in [-0.15, -0.1) is 11.3 Å². The van der Waals surface area contributed by atoms with Crippen molar-refractivity contribution in [2.75, 3.05) is 6.54 Å². The minimum absolute atomic E-state index is 0.0703. The van der Waals surface area contributed by atoms with Gasteiger partial charge in [0.1, 0.15) is 22.4 Å². The van der Waals surface area contributed by atoms with Gasteiger partial charge in [-0.25, -0.2) is 13.8 Å². The van der Waals surface area contributed by atoms with E-state index in [-0.39, 0.29) is 36.6 Å². The monoisotopic (exact) mass is 400 g/mol. The molecule has 0 saturated carbocycles. The number of benzene rings is 2. The summed E-state index contributed by atoms with van der Waals surface area (Å²) in [6, 6.07) is 10.1. The third-order valence-electron chi connectivity index (χ3n) is 5.05. The molecule has 1 aliphatic heterocycles. The van der Waals surface area contributed by atoms with Crippen LogP contribution in [0.2, 0.25) is 0 Å². The second-order valence-electron chi connectivity index (χ2n) is 7.10. The number of nitrogens with one attached hydrogen (secondary N) is 1. The van der Waals surface area contributed by atoms with Gasteiger partial charge >= 0.3 is 0 Å². The molecule has 1 saturated heterocycles. The summed E-state index contributed by atoms with van der Waals surface area (Å²) >= 11 is 1.44. The Bertz CT molecular complexity index is 1020. The van der Waals surface area contributed by atoms with Crippen molar-refractivity contribution in [3.63, 3.8) is 0 Å². The first kappa shape index (κ1) is 18.7. The second kappa shape index (κ2) is 7.39. The van der Waals surface area contributed by atoms with Crippen LogP contribution in [0.5, 0.6) is 0 Å². The number of amides is 1. The van der Waals surface area contributed by atoms with Gasteiger partial charge in [-0.1, -0.05) is 12.1 Å². The van der Waals surface area contributed by atoms with Crippen LogP contribution in [0.1, 0.15) is 28.5 Å². The molecule has 1 fully saturated rings. The van der Waals surface area contributed by atoms with Crippen LogP contribution in [-0.2, 0) is 16.0 Å². The average molecular weight is 400 g/mol. The predicted molar refractivity (Wildman–Crippen MR) is 103 cm³/mol. The Morgan fingerprint density at radius 3 is 2.68 bits per heavy atom. The molecule has 7 heteroatoms. The van der Waals surface area contributed by atoms with Crippen molar-refractivity contribution in [2.45, 2.75) is 25.7 Å².